The number of nitrogens with one attached hydrogen (secondary N) is 3. The van der Waals surface area contributed by atoms with Crippen molar-refractivity contribution in [3.05, 3.63) is 27.0 Å². The number of H-pyrrole nitrogens is 3. The number of fused-ring (bicyclic) bond motifs is 1. The summed E-state index contributed by atoms with van der Waals surface area (Å²) in [6, 6.07) is 0. The molecule has 2 aromatic heterocycles. The second kappa shape index (κ2) is 3.67. The van der Waals surface area contributed by atoms with Gasteiger partial charge < -0.3 is 1.43 Å². The number of rotatable bonds is 0. The fourth-order valence-corrected chi connectivity index (χ4v) is 0.869. The molecule has 0 bridgehead atoms. The second-order valence-electron chi connectivity index (χ2n) is 2.07. The van der Waals surface area contributed by atoms with Crippen molar-refractivity contribution in [1.82, 2.24) is 20.2 Å². The normalized spacial score (nSPS) is 9.67. The van der Waals surface area contributed by atoms with Gasteiger partial charge in [-0.05, 0) is 0 Å². The molecule has 3 N–H and O–H groups in total. The van der Waals surface area contributed by atoms with Crippen LogP contribution < -0.4 is 62.6 Å². The first kappa shape index (κ1) is 9.87. The SMILES string of the molecule is O=c1[nH]c(=O)c2cn[nH]c2[nH]1.[H-].[K+]. The van der Waals surface area contributed by atoms with E-state index in [-0.39, 0.29) is 52.8 Å². The van der Waals surface area contributed by atoms with Gasteiger partial charge in [0.1, 0.15) is 11.0 Å². The van der Waals surface area contributed by atoms with Gasteiger partial charge in [0.2, 0.25) is 0 Å². The molecule has 0 saturated heterocycles. The molecule has 0 spiro atoms. The maximum Gasteiger partial charge on any atom is 1.00 e. The summed E-state index contributed by atoms with van der Waals surface area (Å²) in [6.07, 6.45) is 1.35. The Morgan fingerprint density at radius 3 is 2.83 bits per heavy atom. The number of aromatic nitrogens is 4. The molecular formula is C5H5KN4O2. The monoisotopic (exact) mass is 192 g/mol. The van der Waals surface area contributed by atoms with Gasteiger partial charge in [0.15, 0.2) is 0 Å². The third-order valence-corrected chi connectivity index (χ3v) is 1.35. The van der Waals surface area contributed by atoms with Crippen molar-refractivity contribution >= 4 is 11.0 Å². The van der Waals surface area contributed by atoms with Crippen LogP contribution in [0.25, 0.3) is 11.0 Å². The molecular weight excluding hydrogens is 187 g/mol. The summed E-state index contributed by atoms with van der Waals surface area (Å²) in [4.78, 5) is 26.0. The average molecular weight is 192 g/mol. The maximum absolute atomic E-state index is 10.9. The minimum Gasteiger partial charge on any atom is -1.00 e. The van der Waals surface area contributed by atoms with E-state index in [1.54, 1.807) is 0 Å². The molecule has 2 rings (SSSR count). The zero-order valence-corrected chi connectivity index (χ0v) is 9.46. The molecule has 0 aliphatic carbocycles. The molecule has 6 nitrogen and oxygen atoms in total. The van der Waals surface area contributed by atoms with Crippen molar-refractivity contribution in [3.63, 3.8) is 0 Å². The van der Waals surface area contributed by atoms with E-state index in [4.69, 9.17) is 0 Å². The van der Waals surface area contributed by atoms with E-state index in [9.17, 15) is 9.59 Å². The summed E-state index contributed by atoms with van der Waals surface area (Å²) in [5.74, 6) is 0. The summed E-state index contributed by atoms with van der Waals surface area (Å²) in [6.45, 7) is 0. The van der Waals surface area contributed by atoms with Crippen molar-refractivity contribution in [3.8, 4) is 0 Å². The van der Waals surface area contributed by atoms with E-state index >= 15 is 0 Å². The Hall–Kier alpha value is -0.214. The molecule has 0 atom stereocenters. The van der Waals surface area contributed by atoms with Crippen LogP contribution >= 0.6 is 0 Å². The van der Waals surface area contributed by atoms with Gasteiger partial charge in [0.25, 0.3) is 5.56 Å². The Bertz CT molecular complexity index is 501. The number of hydrogen-bond acceptors (Lipinski definition) is 3. The number of hydrogen-bond donors (Lipinski definition) is 3. The van der Waals surface area contributed by atoms with Gasteiger partial charge in [-0.25, -0.2) is 4.79 Å². The van der Waals surface area contributed by atoms with Gasteiger partial charge in [0.05, 0.1) is 6.20 Å². The van der Waals surface area contributed by atoms with E-state index < -0.39 is 11.2 Å². The van der Waals surface area contributed by atoms with Crippen LogP contribution in [-0.2, 0) is 0 Å². The van der Waals surface area contributed by atoms with E-state index in [1.165, 1.54) is 6.20 Å². The molecule has 0 aromatic carbocycles. The van der Waals surface area contributed by atoms with E-state index in [2.05, 4.69) is 20.2 Å². The average Bonchev–Trinajstić information content (AvgIpc) is 2.34. The van der Waals surface area contributed by atoms with Gasteiger partial charge in [-0.2, -0.15) is 5.10 Å². The van der Waals surface area contributed by atoms with Crippen molar-refractivity contribution in [2.45, 2.75) is 0 Å². The molecule has 0 fully saturated rings. The van der Waals surface area contributed by atoms with Crippen LogP contribution in [0.1, 0.15) is 1.43 Å². The van der Waals surface area contributed by atoms with E-state index in [0.29, 0.717) is 11.0 Å². The van der Waals surface area contributed by atoms with Gasteiger partial charge in [0, 0.05) is 0 Å². The molecule has 0 radical (unpaired) electrons. The van der Waals surface area contributed by atoms with Crippen LogP contribution in [0.4, 0.5) is 0 Å². The topological polar surface area (TPSA) is 94.4 Å². The van der Waals surface area contributed by atoms with Crippen LogP contribution in [0.2, 0.25) is 0 Å². The third kappa shape index (κ3) is 1.59. The Labute approximate surface area is 110 Å². The van der Waals surface area contributed by atoms with Gasteiger partial charge in [-0.3, -0.25) is 19.9 Å². The number of aromatic amines is 3. The minimum absolute atomic E-state index is 0. The van der Waals surface area contributed by atoms with Crippen molar-refractivity contribution in [1.29, 1.82) is 0 Å². The summed E-state index contributed by atoms with van der Waals surface area (Å²) in [5.41, 5.74) is -0.622. The largest absolute Gasteiger partial charge is 1.00 e. The van der Waals surface area contributed by atoms with E-state index in [0.717, 1.165) is 0 Å². The van der Waals surface area contributed by atoms with Crippen LogP contribution in [-0.4, -0.2) is 20.2 Å². The van der Waals surface area contributed by atoms with Crippen molar-refractivity contribution < 1.29 is 52.8 Å². The smallest absolute Gasteiger partial charge is 1.00 e. The van der Waals surface area contributed by atoms with Crippen LogP contribution in [0, 0.1) is 0 Å². The quantitative estimate of drug-likeness (QED) is 0.372. The molecule has 0 aliphatic heterocycles. The summed E-state index contributed by atoms with van der Waals surface area (Å²) < 4.78 is 0. The molecule has 12 heavy (non-hydrogen) atoms. The van der Waals surface area contributed by atoms with Gasteiger partial charge >= 0.3 is 57.1 Å². The van der Waals surface area contributed by atoms with Crippen LogP contribution in [0.15, 0.2) is 15.8 Å². The molecule has 0 unspecified atom stereocenters. The number of nitrogens with zero attached hydrogens (tertiary/aromatic N) is 1. The molecule has 58 valence electrons. The molecule has 7 heteroatoms. The van der Waals surface area contributed by atoms with Crippen LogP contribution in [0.5, 0.6) is 0 Å². The Kier molecular flexibility index (Phi) is 3.02. The van der Waals surface area contributed by atoms with Crippen LogP contribution in [0.3, 0.4) is 0 Å². The summed E-state index contributed by atoms with van der Waals surface area (Å²) in [5, 5.41) is 6.42. The summed E-state index contributed by atoms with van der Waals surface area (Å²) in [7, 11) is 0. The Morgan fingerprint density at radius 2 is 2.08 bits per heavy atom. The first-order chi connectivity index (χ1) is 5.27. The predicted molar refractivity (Wildman–Crippen MR) is 38.4 cm³/mol. The van der Waals surface area contributed by atoms with Crippen molar-refractivity contribution in [2.24, 2.45) is 0 Å². The van der Waals surface area contributed by atoms with Crippen molar-refractivity contribution in [2.75, 3.05) is 0 Å². The molecule has 0 aliphatic rings. The Balaban J connectivity index is 0.000000720. The van der Waals surface area contributed by atoms with E-state index in [1.807, 2.05) is 0 Å². The maximum atomic E-state index is 10.9. The molecule has 0 saturated carbocycles. The second-order valence-corrected chi connectivity index (χ2v) is 2.07. The zero-order chi connectivity index (χ0) is 7.84. The zero-order valence-electron chi connectivity index (χ0n) is 7.34. The minimum atomic E-state index is -0.535. The van der Waals surface area contributed by atoms with Gasteiger partial charge in [-0.1, -0.05) is 0 Å². The molecule has 0 amide bonds. The fourth-order valence-electron chi connectivity index (χ4n) is 0.869. The first-order valence-corrected chi connectivity index (χ1v) is 2.93. The molecule has 2 aromatic rings. The summed E-state index contributed by atoms with van der Waals surface area (Å²) >= 11 is 0. The fraction of sp³-hybridized carbons (Fsp3) is 0. The Morgan fingerprint density at radius 1 is 1.33 bits per heavy atom. The predicted octanol–water partition coefficient (Wildman–Crippen LogP) is -3.94. The molecule has 2 heterocycles. The standard InChI is InChI=1S/C5H4N4O2.K.H/c10-4-2-1-6-9-3(2)7-5(11)8-4;;/h1H,(H3,6,7,8,9,10,11);;/q;+1;-1. The van der Waals surface area contributed by atoms with Gasteiger partial charge in [-0.15, -0.1) is 0 Å². The third-order valence-electron chi connectivity index (χ3n) is 1.35. The first-order valence-electron chi connectivity index (χ1n) is 2.93.